The monoisotopic (exact) mass is 455 g/mol. The second-order valence-corrected chi connectivity index (χ2v) is 9.30. The fourth-order valence-electron chi connectivity index (χ4n) is 3.62. The van der Waals surface area contributed by atoms with Crippen LogP contribution < -0.4 is 4.74 Å². The number of hydrogen-bond donors (Lipinski definition) is 0. The number of nitrogens with zero attached hydrogens (tertiary/aromatic N) is 3. The van der Waals surface area contributed by atoms with Gasteiger partial charge in [0.1, 0.15) is 22.9 Å². The van der Waals surface area contributed by atoms with Crippen LogP contribution in [0.4, 0.5) is 9.18 Å². The Hall–Kier alpha value is -3.09. The predicted octanol–water partition coefficient (Wildman–Crippen LogP) is 6.19. The Morgan fingerprint density at radius 1 is 1.09 bits per heavy atom. The van der Waals surface area contributed by atoms with E-state index in [2.05, 4.69) is 5.10 Å². The van der Waals surface area contributed by atoms with Gasteiger partial charge in [-0.1, -0.05) is 31.0 Å². The van der Waals surface area contributed by atoms with Crippen LogP contribution in [-0.2, 0) is 11.8 Å². The molecule has 0 aliphatic rings. The van der Waals surface area contributed by atoms with Gasteiger partial charge in [-0.15, -0.1) is 0 Å². The zero-order valence-electron chi connectivity index (χ0n) is 20.2. The Labute approximate surface area is 195 Å². The van der Waals surface area contributed by atoms with Gasteiger partial charge in [0.25, 0.3) is 0 Å². The molecule has 2 aromatic carbocycles. The maximum absolute atomic E-state index is 14.8. The second kappa shape index (κ2) is 10.7. The lowest BCUT2D eigenvalue weighted by atomic mass is 10.1. The van der Waals surface area contributed by atoms with Crippen LogP contribution >= 0.6 is 0 Å². The average molecular weight is 456 g/mol. The van der Waals surface area contributed by atoms with Crippen LogP contribution in [0, 0.1) is 5.82 Å². The van der Waals surface area contributed by atoms with E-state index < -0.39 is 5.60 Å². The van der Waals surface area contributed by atoms with Gasteiger partial charge in [0.05, 0.1) is 12.1 Å². The highest BCUT2D eigenvalue weighted by Gasteiger charge is 2.19. The number of aryl methyl sites for hydroxylation is 1. The molecule has 0 unspecified atom stereocenters. The Morgan fingerprint density at radius 2 is 1.82 bits per heavy atom. The summed E-state index contributed by atoms with van der Waals surface area (Å²) in [5.41, 5.74) is 1.58. The molecular formula is C26H34FN3O3. The minimum Gasteiger partial charge on any atom is -0.493 e. The van der Waals surface area contributed by atoms with Crippen LogP contribution in [0.25, 0.3) is 22.2 Å². The standard InChI is InChI=1S/C26H34FN3O3/c1-26(2,3)33-25(31)29(4)16-10-6-7-11-17-32-19-14-15-20(22(27)18-19)24-21-12-8-9-13-23(21)30(5)28-24/h8-9,12-15,18H,6-7,10-11,16-17H2,1-5H3. The quantitative estimate of drug-likeness (QED) is 0.361. The molecule has 0 aliphatic heterocycles. The van der Waals surface area contributed by atoms with Crippen molar-refractivity contribution in [3.63, 3.8) is 0 Å². The Kier molecular flexibility index (Phi) is 7.95. The summed E-state index contributed by atoms with van der Waals surface area (Å²) < 4.78 is 27.7. The molecule has 0 spiro atoms. The molecule has 3 rings (SSSR count). The number of halogens is 1. The number of carbonyl (C=O) groups excluding carboxylic acids is 1. The van der Waals surface area contributed by atoms with Crippen LogP contribution in [0.2, 0.25) is 0 Å². The van der Waals surface area contributed by atoms with Gasteiger partial charge in [-0.2, -0.15) is 5.10 Å². The summed E-state index contributed by atoms with van der Waals surface area (Å²) >= 11 is 0. The van der Waals surface area contributed by atoms with Crippen LogP contribution in [0.1, 0.15) is 46.5 Å². The first kappa shape index (κ1) is 24.6. The number of ether oxygens (including phenoxy) is 2. The maximum atomic E-state index is 14.8. The molecule has 0 N–H and O–H groups in total. The molecule has 0 saturated carbocycles. The third-order valence-electron chi connectivity index (χ3n) is 5.32. The van der Waals surface area contributed by atoms with E-state index in [0.717, 1.165) is 36.6 Å². The molecule has 33 heavy (non-hydrogen) atoms. The fraction of sp³-hybridized carbons (Fsp3) is 0.462. The molecule has 178 valence electrons. The van der Waals surface area contributed by atoms with Gasteiger partial charge in [-0.25, -0.2) is 9.18 Å². The van der Waals surface area contributed by atoms with Crippen LogP contribution in [0.3, 0.4) is 0 Å². The van der Waals surface area contributed by atoms with E-state index in [-0.39, 0.29) is 11.9 Å². The first-order valence-corrected chi connectivity index (χ1v) is 11.4. The highest BCUT2D eigenvalue weighted by molar-refractivity contribution is 5.93. The molecule has 7 heteroatoms. The maximum Gasteiger partial charge on any atom is 0.410 e. The Morgan fingerprint density at radius 3 is 2.55 bits per heavy atom. The van der Waals surface area contributed by atoms with Crippen molar-refractivity contribution in [2.24, 2.45) is 7.05 Å². The molecular weight excluding hydrogens is 421 g/mol. The first-order valence-electron chi connectivity index (χ1n) is 11.4. The summed E-state index contributed by atoms with van der Waals surface area (Å²) in [6.45, 7) is 6.76. The van der Waals surface area contributed by atoms with E-state index in [1.54, 1.807) is 28.8 Å². The Bertz CT molecular complexity index is 1090. The van der Waals surface area contributed by atoms with Gasteiger partial charge >= 0.3 is 6.09 Å². The van der Waals surface area contributed by atoms with Crippen LogP contribution in [-0.4, -0.2) is 46.6 Å². The lowest BCUT2D eigenvalue weighted by molar-refractivity contribution is 0.0296. The van der Waals surface area contributed by atoms with Crippen molar-refractivity contribution < 1.29 is 18.7 Å². The van der Waals surface area contributed by atoms with Crippen molar-refractivity contribution in [3.8, 4) is 17.0 Å². The number of rotatable bonds is 9. The number of aromatic nitrogens is 2. The molecule has 0 atom stereocenters. The minimum absolute atomic E-state index is 0.296. The largest absolute Gasteiger partial charge is 0.493 e. The highest BCUT2D eigenvalue weighted by atomic mass is 19.1. The molecule has 0 fully saturated rings. The number of para-hydroxylation sites is 1. The zero-order chi connectivity index (χ0) is 24.0. The van der Waals surface area contributed by atoms with Crippen LogP contribution in [0.5, 0.6) is 5.75 Å². The molecule has 1 aromatic heterocycles. The van der Waals surface area contributed by atoms with Gasteiger partial charge in [-0.05, 0) is 51.8 Å². The van der Waals surface area contributed by atoms with E-state index in [1.807, 2.05) is 52.1 Å². The van der Waals surface area contributed by atoms with Crippen molar-refractivity contribution in [1.82, 2.24) is 14.7 Å². The summed E-state index contributed by atoms with van der Waals surface area (Å²) in [7, 11) is 3.61. The number of unbranched alkanes of at least 4 members (excludes halogenated alkanes) is 3. The van der Waals surface area contributed by atoms with Crippen molar-refractivity contribution in [3.05, 3.63) is 48.3 Å². The number of amides is 1. The highest BCUT2D eigenvalue weighted by Crippen LogP contribution is 2.31. The average Bonchev–Trinajstić information content (AvgIpc) is 3.08. The molecule has 6 nitrogen and oxygen atoms in total. The molecule has 0 radical (unpaired) electrons. The third-order valence-corrected chi connectivity index (χ3v) is 5.32. The summed E-state index contributed by atoms with van der Waals surface area (Å²) in [5, 5.41) is 5.42. The van der Waals surface area contributed by atoms with E-state index in [4.69, 9.17) is 9.47 Å². The molecule has 1 heterocycles. The molecule has 0 saturated heterocycles. The number of hydrogen-bond acceptors (Lipinski definition) is 4. The van der Waals surface area contributed by atoms with E-state index >= 15 is 0 Å². The van der Waals surface area contributed by atoms with Gasteiger partial charge in [-0.3, -0.25) is 4.68 Å². The number of carbonyl (C=O) groups is 1. The Balaban J connectivity index is 1.42. The smallest absolute Gasteiger partial charge is 0.410 e. The van der Waals surface area contributed by atoms with E-state index in [1.165, 1.54) is 6.07 Å². The fourth-order valence-corrected chi connectivity index (χ4v) is 3.62. The molecule has 3 aromatic rings. The second-order valence-electron chi connectivity index (χ2n) is 9.30. The lowest BCUT2D eigenvalue weighted by Crippen LogP contribution is -2.34. The SMILES string of the molecule is CN(CCCCCCOc1ccc(-c2nn(C)c3ccccc23)c(F)c1)C(=O)OC(C)(C)C. The normalized spacial score (nSPS) is 11.6. The number of benzene rings is 2. The minimum atomic E-state index is -0.480. The molecule has 1 amide bonds. The summed E-state index contributed by atoms with van der Waals surface area (Å²) in [4.78, 5) is 13.5. The third kappa shape index (κ3) is 6.70. The molecule has 0 bridgehead atoms. The van der Waals surface area contributed by atoms with Crippen molar-refractivity contribution >= 4 is 17.0 Å². The predicted molar refractivity (Wildman–Crippen MR) is 129 cm³/mol. The summed E-state index contributed by atoms with van der Waals surface area (Å²) in [6, 6.07) is 12.7. The van der Waals surface area contributed by atoms with E-state index in [9.17, 15) is 9.18 Å². The van der Waals surface area contributed by atoms with Gasteiger partial charge in [0, 0.05) is 37.7 Å². The first-order chi connectivity index (χ1) is 15.7. The topological polar surface area (TPSA) is 56.6 Å². The zero-order valence-corrected chi connectivity index (χ0v) is 20.2. The van der Waals surface area contributed by atoms with Gasteiger partial charge < -0.3 is 14.4 Å². The molecule has 0 aliphatic carbocycles. The van der Waals surface area contributed by atoms with Crippen molar-refractivity contribution in [2.45, 2.75) is 52.1 Å². The van der Waals surface area contributed by atoms with Gasteiger partial charge in [0.15, 0.2) is 0 Å². The van der Waals surface area contributed by atoms with E-state index in [0.29, 0.717) is 30.2 Å². The van der Waals surface area contributed by atoms with Crippen molar-refractivity contribution in [1.29, 1.82) is 0 Å². The summed E-state index contributed by atoms with van der Waals surface area (Å²) in [5.74, 6) is 0.169. The van der Waals surface area contributed by atoms with Crippen LogP contribution in [0.15, 0.2) is 42.5 Å². The summed E-state index contributed by atoms with van der Waals surface area (Å²) in [6.07, 6.45) is 3.43. The van der Waals surface area contributed by atoms with Gasteiger partial charge in [0.2, 0.25) is 0 Å². The number of fused-ring (bicyclic) bond motifs is 1. The van der Waals surface area contributed by atoms with Crippen molar-refractivity contribution in [2.75, 3.05) is 20.2 Å². The lowest BCUT2D eigenvalue weighted by Gasteiger charge is -2.24.